The van der Waals surface area contributed by atoms with Gasteiger partial charge in [-0.15, -0.1) is 5.10 Å². The Morgan fingerprint density at radius 2 is 1.47 bits per heavy atom. The minimum Gasteiger partial charge on any atom is -0.230 e. The Morgan fingerprint density at radius 3 is 2.21 bits per heavy atom. The molecule has 3 heteroatoms. The van der Waals surface area contributed by atoms with Gasteiger partial charge in [0.1, 0.15) is 0 Å². The van der Waals surface area contributed by atoms with Gasteiger partial charge >= 0.3 is 0 Å². The SMILES string of the molecule is c1ccc(Cc2cnnc(-c3ccccc3)n2)cc1. The second-order valence-electron chi connectivity index (χ2n) is 4.30. The van der Waals surface area contributed by atoms with E-state index in [1.165, 1.54) is 5.56 Å². The van der Waals surface area contributed by atoms with E-state index in [9.17, 15) is 0 Å². The molecule has 0 bridgehead atoms. The van der Waals surface area contributed by atoms with E-state index in [0.717, 1.165) is 17.7 Å². The van der Waals surface area contributed by atoms with Crippen LogP contribution < -0.4 is 0 Å². The monoisotopic (exact) mass is 247 g/mol. The average Bonchev–Trinajstić information content (AvgIpc) is 2.49. The van der Waals surface area contributed by atoms with Crippen LogP contribution in [0.25, 0.3) is 11.4 Å². The number of benzene rings is 2. The molecule has 3 nitrogen and oxygen atoms in total. The largest absolute Gasteiger partial charge is 0.230 e. The highest BCUT2D eigenvalue weighted by Gasteiger charge is 2.03. The predicted molar refractivity (Wildman–Crippen MR) is 74.5 cm³/mol. The van der Waals surface area contributed by atoms with E-state index in [2.05, 4.69) is 27.3 Å². The molecule has 2 aromatic carbocycles. The standard InChI is InChI=1S/C16H13N3/c1-3-7-13(8-4-1)11-15-12-17-19-16(18-15)14-9-5-2-6-10-14/h1-10,12H,11H2. The van der Waals surface area contributed by atoms with E-state index < -0.39 is 0 Å². The molecule has 92 valence electrons. The van der Waals surface area contributed by atoms with E-state index in [1.807, 2.05) is 48.5 Å². The molecule has 3 rings (SSSR count). The minimum atomic E-state index is 0.675. The van der Waals surface area contributed by atoms with Crippen LogP contribution in [-0.4, -0.2) is 15.2 Å². The first-order valence-corrected chi connectivity index (χ1v) is 6.20. The van der Waals surface area contributed by atoms with Crippen molar-refractivity contribution < 1.29 is 0 Å². The average molecular weight is 247 g/mol. The second-order valence-corrected chi connectivity index (χ2v) is 4.30. The summed E-state index contributed by atoms with van der Waals surface area (Å²) in [5.74, 6) is 0.675. The molecule has 0 atom stereocenters. The third-order valence-corrected chi connectivity index (χ3v) is 2.87. The second kappa shape index (κ2) is 5.40. The molecular formula is C16H13N3. The number of hydrogen-bond donors (Lipinski definition) is 0. The zero-order valence-corrected chi connectivity index (χ0v) is 10.4. The summed E-state index contributed by atoms with van der Waals surface area (Å²) >= 11 is 0. The van der Waals surface area contributed by atoms with E-state index in [4.69, 9.17) is 0 Å². The lowest BCUT2D eigenvalue weighted by Gasteiger charge is -2.03. The molecule has 1 heterocycles. The van der Waals surface area contributed by atoms with Crippen molar-refractivity contribution >= 4 is 0 Å². The molecule has 0 radical (unpaired) electrons. The Bertz CT molecular complexity index is 651. The first kappa shape index (κ1) is 11.5. The summed E-state index contributed by atoms with van der Waals surface area (Å²) in [4.78, 5) is 4.56. The fraction of sp³-hybridized carbons (Fsp3) is 0.0625. The summed E-state index contributed by atoms with van der Waals surface area (Å²) in [5, 5.41) is 8.13. The fourth-order valence-corrected chi connectivity index (χ4v) is 1.94. The molecule has 3 aromatic rings. The molecular weight excluding hydrogens is 234 g/mol. The molecule has 1 aromatic heterocycles. The smallest absolute Gasteiger partial charge is 0.181 e. The van der Waals surface area contributed by atoms with Crippen molar-refractivity contribution in [1.82, 2.24) is 15.2 Å². The minimum absolute atomic E-state index is 0.675. The van der Waals surface area contributed by atoms with E-state index >= 15 is 0 Å². The van der Waals surface area contributed by atoms with Gasteiger partial charge in [0.05, 0.1) is 11.9 Å². The number of nitrogens with zero attached hydrogens (tertiary/aromatic N) is 3. The Kier molecular flexibility index (Phi) is 3.28. The molecule has 19 heavy (non-hydrogen) atoms. The highest BCUT2D eigenvalue weighted by atomic mass is 15.1. The van der Waals surface area contributed by atoms with Crippen LogP contribution in [0.2, 0.25) is 0 Å². The molecule has 0 spiro atoms. The number of hydrogen-bond acceptors (Lipinski definition) is 3. The van der Waals surface area contributed by atoms with Gasteiger partial charge in [-0.2, -0.15) is 5.10 Å². The zero-order chi connectivity index (χ0) is 12.9. The molecule has 0 aliphatic heterocycles. The maximum absolute atomic E-state index is 4.56. The van der Waals surface area contributed by atoms with Crippen molar-refractivity contribution in [2.75, 3.05) is 0 Å². The first-order chi connectivity index (χ1) is 9.42. The number of rotatable bonds is 3. The Balaban J connectivity index is 1.89. The van der Waals surface area contributed by atoms with Crippen LogP contribution in [0.1, 0.15) is 11.3 Å². The third kappa shape index (κ3) is 2.83. The van der Waals surface area contributed by atoms with E-state index in [-0.39, 0.29) is 0 Å². The summed E-state index contributed by atoms with van der Waals surface area (Å²) < 4.78 is 0. The van der Waals surface area contributed by atoms with Crippen LogP contribution in [-0.2, 0) is 6.42 Å². The van der Waals surface area contributed by atoms with Crippen molar-refractivity contribution in [2.24, 2.45) is 0 Å². The van der Waals surface area contributed by atoms with Gasteiger partial charge in [-0.25, -0.2) is 4.98 Å². The fourth-order valence-electron chi connectivity index (χ4n) is 1.94. The third-order valence-electron chi connectivity index (χ3n) is 2.87. The van der Waals surface area contributed by atoms with Crippen molar-refractivity contribution in [1.29, 1.82) is 0 Å². The summed E-state index contributed by atoms with van der Waals surface area (Å²) in [6.45, 7) is 0. The van der Waals surface area contributed by atoms with Crippen LogP contribution in [0.3, 0.4) is 0 Å². The van der Waals surface area contributed by atoms with Crippen molar-refractivity contribution in [2.45, 2.75) is 6.42 Å². The first-order valence-electron chi connectivity index (χ1n) is 6.20. The van der Waals surface area contributed by atoms with Crippen molar-refractivity contribution in [3.05, 3.63) is 78.1 Å². The molecule has 0 aliphatic carbocycles. The highest BCUT2D eigenvalue weighted by Crippen LogP contribution is 2.14. The van der Waals surface area contributed by atoms with Gasteiger partial charge in [0, 0.05) is 12.0 Å². The molecule has 0 saturated carbocycles. The van der Waals surface area contributed by atoms with Crippen LogP contribution in [0.4, 0.5) is 0 Å². The lowest BCUT2D eigenvalue weighted by atomic mass is 10.1. The van der Waals surface area contributed by atoms with Gasteiger partial charge in [0.25, 0.3) is 0 Å². The van der Waals surface area contributed by atoms with Gasteiger partial charge in [-0.3, -0.25) is 0 Å². The van der Waals surface area contributed by atoms with Crippen LogP contribution in [0.5, 0.6) is 0 Å². The normalized spacial score (nSPS) is 10.3. The van der Waals surface area contributed by atoms with Crippen LogP contribution in [0.15, 0.2) is 66.9 Å². The Morgan fingerprint density at radius 1 is 0.789 bits per heavy atom. The quantitative estimate of drug-likeness (QED) is 0.713. The van der Waals surface area contributed by atoms with Crippen LogP contribution >= 0.6 is 0 Å². The van der Waals surface area contributed by atoms with Gasteiger partial charge < -0.3 is 0 Å². The number of aromatic nitrogens is 3. The maximum atomic E-state index is 4.56. The van der Waals surface area contributed by atoms with Crippen molar-refractivity contribution in [3.8, 4) is 11.4 Å². The molecule has 0 aliphatic rings. The molecule has 0 unspecified atom stereocenters. The predicted octanol–water partition coefficient (Wildman–Crippen LogP) is 3.13. The van der Waals surface area contributed by atoms with Crippen molar-refractivity contribution in [3.63, 3.8) is 0 Å². The Labute approximate surface area is 112 Å². The Hall–Kier alpha value is -2.55. The lowest BCUT2D eigenvalue weighted by Crippen LogP contribution is -1.98. The molecule has 0 saturated heterocycles. The molecule has 0 amide bonds. The van der Waals surface area contributed by atoms with Crippen LogP contribution in [0, 0.1) is 0 Å². The van der Waals surface area contributed by atoms with Gasteiger partial charge in [-0.1, -0.05) is 60.7 Å². The lowest BCUT2D eigenvalue weighted by molar-refractivity contribution is 0.922. The molecule has 0 N–H and O–H groups in total. The summed E-state index contributed by atoms with van der Waals surface area (Å²) in [6, 6.07) is 20.2. The van der Waals surface area contributed by atoms with Gasteiger partial charge in [0.2, 0.25) is 0 Å². The summed E-state index contributed by atoms with van der Waals surface area (Å²) in [6.07, 6.45) is 2.50. The summed E-state index contributed by atoms with van der Waals surface area (Å²) in [7, 11) is 0. The summed E-state index contributed by atoms with van der Waals surface area (Å²) in [5.41, 5.74) is 3.15. The maximum Gasteiger partial charge on any atom is 0.181 e. The topological polar surface area (TPSA) is 38.7 Å². The highest BCUT2D eigenvalue weighted by molar-refractivity contribution is 5.53. The molecule has 0 fully saturated rings. The van der Waals surface area contributed by atoms with E-state index in [1.54, 1.807) is 6.20 Å². The van der Waals surface area contributed by atoms with E-state index in [0.29, 0.717) is 5.82 Å². The zero-order valence-electron chi connectivity index (χ0n) is 10.4. The van der Waals surface area contributed by atoms with Gasteiger partial charge in [0.15, 0.2) is 5.82 Å². The van der Waals surface area contributed by atoms with Gasteiger partial charge in [-0.05, 0) is 5.56 Å².